The van der Waals surface area contributed by atoms with Crippen molar-refractivity contribution in [3.63, 3.8) is 0 Å². The lowest BCUT2D eigenvalue weighted by atomic mass is 10.1. The molecule has 2 rings (SSSR count). The molecule has 1 atom stereocenters. The molecule has 0 saturated heterocycles. The average Bonchev–Trinajstić information content (AvgIpc) is 2.54. The van der Waals surface area contributed by atoms with Gasteiger partial charge in [0.1, 0.15) is 18.4 Å². The molecule has 23 heavy (non-hydrogen) atoms. The number of nitrogens with one attached hydrogen (secondary N) is 1. The molecule has 120 valence electrons. The van der Waals surface area contributed by atoms with Gasteiger partial charge in [-0.3, -0.25) is 4.79 Å². The highest BCUT2D eigenvalue weighted by molar-refractivity contribution is 5.84. The molecular formula is C17H18N2O4. The van der Waals surface area contributed by atoms with Gasteiger partial charge in [0.2, 0.25) is 5.91 Å². The second-order valence-electron chi connectivity index (χ2n) is 5.03. The molecule has 0 aliphatic rings. The van der Waals surface area contributed by atoms with Crippen LogP contribution in [0.4, 0.5) is 4.79 Å². The Kier molecular flexibility index (Phi) is 5.57. The van der Waals surface area contributed by atoms with Crippen molar-refractivity contribution in [2.75, 3.05) is 0 Å². The first-order chi connectivity index (χ1) is 11.0. The third-order valence-corrected chi connectivity index (χ3v) is 3.25. The maximum Gasteiger partial charge on any atom is 0.405 e. The maximum atomic E-state index is 11.2. The molecule has 0 saturated carbocycles. The number of amides is 2. The van der Waals surface area contributed by atoms with E-state index in [-0.39, 0.29) is 6.42 Å². The van der Waals surface area contributed by atoms with Gasteiger partial charge >= 0.3 is 6.09 Å². The smallest absolute Gasteiger partial charge is 0.405 e. The highest BCUT2D eigenvalue weighted by atomic mass is 16.5. The number of nitrogens with two attached hydrogens (primary N) is 1. The van der Waals surface area contributed by atoms with Crippen molar-refractivity contribution in [2.45, 2.75) is 19.1 Å². The summed E-state index contributed by atoms with van der Waals surface area (Å²) >= 11 is 0. The second kappa shape index (κ2) is 7.84. The van der Waals surface area contributed by atoms with Crippen LogP contribution in [0.1, 0.15) is 11.1 Å². The fraction of sp³-hybridized carbons (Fsp3) is 0.176. The van der Waals surface area contributed by atoms with Crippen LogP contribution in [0.2, 0.25) is 0 Å². The number of ether oxygens (including phenoxy) is 1. The lowest BCUT2D eigenvalue weighted by Gasteiger charge is -2.13. The van der Waals surface area contributed by atoms with Crippen molar-refractivity contribution >= 4 is 12.0 Å². The summed E-state index contributed by atoms with van der Waals surface area (Å²) in [5.74, 6) is -0.0174. The van der Waals surface area contributed by atoms with Crippen LogP contribution in [0.5, 0.6) is 5.75 Å². The Hall–Kier alpha value is -3.02. The highest BCUT2D eigenvalue weighted by Gasteiger charge is 2.17. The van der Waals surface area contributed by atoms with Gasteiger partial charge in [0.25, 0.3) is 0 Å². The van der Waals surface area contributed by atoms with E-state index in [1.54, 1.807) is 24.3 Å². The molecular weight excluding hydrogens is 296 g/mol. The Bertz CT molecular complexity index is 656. The summed E-state index contributed by atoms with van der Waals surface area (Å²) in [5.41, 5.74) is 7.04. The minimum Gasteiger partial charge on any atom is -0.489 e. The molecule has 0 fully saturated rings. The van der Waals surface area contributed by atoms with Gasteiger partial charge in [-0.2, -0.15) is 0 Å². The van der Waals surface area contributed by atoms with Crippen molar-refractivity contribution in [1.29, 1.82) is 0 Å². The van der Waals surface area contributed by atoms with Gasteiger partial charge in [0, 0.05) is 6.42 Å². The molecule has 0 heterocycles. The Balaban J connectivity index is 1.93. The third kappa shape index (κ3) is 5.35. The van der Waals surface area contributed by atoms with Crippen molar-refractivity contribution in [3.8, 4) is 5.75 Å². The number of benzene rings is 2. The van der Waals surface area contributed by atoms with Crippen LogP contribution in [0, 0.1) is 0 Å². The van der Waals surface area contributed by atoms with E-state index in [0.717, 1.165) is 11.1 Å². The number of hydrogen-bond acceptors (Lipinski definition) is 3. The van der Waals surface area contributed by atoms with E-state index in [4.69, 9.17) is 15.6 Å². The molecule has 2 aromatic rings. The summed E-state index contributed by atoms with van der Waals surface area (Å²) in [7, 11) is 0. The van der Waals surface area contributed by atoms with Gasteiger partial charge in [0.15, 0.2) is 0 Å². The Labute approximate surface area is 133 Å². The number of carbonyl (C=O) groups is 2. The molecule has 2 aromatic carbocycles. The minimum absolute atomic E-state index is 0.195. The monoisotopic (exact) mass is 314 g/mol. The summed E-state index contributed by atoms with van der Waals surface area (Å²) in [5, 5.41) is 10.8. The first-order valence-corrected chi connectivity index (χ1v) is 7.09. The Morgan fingerprint density at radius 3 is 2.26 bits per heavy atom. The van der Waals surface area contributed by atoms with Gasteiger partial charge in [-0.05, 0) is 23.3 Å². The van der Waals surface area contributed by atoms with Crippen molar-refractivity contribution < 1.29 is 19.4 Å². The van der Waals surface area contributed by atoms with Crippen LogP contribution in [-0.2, 0) is 17.8 Å². The van der Waals surface area contributed by atoms with E-state index in [1.807, 2.05) is 30.3 Å². The molecule has 1 unspecified atom stereocenters. The summed E-state index contributed by atoms with van der Waals surface area (Å²) in [6.45, 7) is 0.463. The van der Waals surface area contributed by atoms with Crippen LogP contribution >= 0.6 is 0 Å². The molecule has 0 bridgehead atoms. The first-order valence-electron chi connectivity index (χ1n) is 7.09. The zero-order valence-corrected chi connectivity index (χ0v) is 12.4. The summed E-state index contributed by atoms with van der Waals surface area (Å²) in [4.78, 5) is 21.9. The van der Waals surface area contributed by atoms with Crippen LogP contribution in [-0.4, -0.2) is 23.1 Å². The van der Waals surface area contributed by atoms with E-state index in [9.17, 15) is 9.59 Å². The summed E-state index contributed by atoms with van der Waals surface area (Å²) < 4.78 is 5.66. The molecule has 4 N–H and O–H groups in total. The SMILES string of the molecule is NC(=O)C(Cc1ccc(OCc2ccccc2)cc1)NC(=O)O. The van der Waals surface area contributed by atoms with Gasteiger partial charge in [-0.25, -0.2) is 4.79 Å². The number of hydrogen-bond donors (Lipinski definition) is 3. The lowest BCUT2D eigenvalue weighted by Crippen LogP contribution is -2.45. The fourth-order valence-corrected chi connectivity index (χ4v) is 2.07. The minimum atomic E-state index is -1.28. The van der Waals surface area contributed by atoms with Gasteiger partial charge in [0.05, 0.1) is 0 Å². The topological polar surface area (TPSA) is 102 Å². The lowest BCUT2D eigenvalue weighted by molar-refractivity contribution is -0.119. The van der Waals surface area contributed by atoms with Crippen molar-refractivity contribution in [3.05, 3.63) is 65.7 Å². The predicted octanol–water partition coefficient (Wildman–Crippen LogP) is 1.93. The van der Waals surface area contributed by atoms with Crippen molar-refractivity contribution in [2.24, 2.45) is 5.73 Å². The molecule has 2 amide bonds. The summed E-state index contributed by atoms with van der Waals surface area (Å²) in [6, 6.07) is 15.9. The Morgan fingerprint density at radius 1 is 1.04 bits per heavy atom. The van der Waals surface area contributed by atoms with E-state index < -0.39 is 18.0 Å². The third-order valence-electron chi connectivity index (χ3n) is 3.25. The van der Waals surface area contributed by atoms with Crippen molar-refractivity contribution in [1.82, 2.24) is 5.32 Å². The summed E-state index contributed by atoms with van der Waals surface area (Å²) in [6.07, 6.45) is -1.09. The zero-order valence-electron chi connectivity index (χ0n) is 12.4. The number of rotatable bonds is 7. The molecule has 0 aromatic heterocycles. The number of carboxylic acid groups (broad SMARTS) is 1. The average molecular weight is 314 g/mol. The predicted molar refractivity (Wildman–Crippen MR) is 85.1 cm³/mol. The van der Waals surface area contributed by atoms with Gasteiger partial charge < -0.3 is 20.9 Å². The fourth-order valence-electron chi connectivity index (χ4n) is 2.07. The normalized spacial score (nSPS) is 11.5. The molecule has 0 spiro atoms. The van der Waals surface area contributed by atoms with E-state index in [0.29, 0.717) is 12.4 Å². The van der Waals surface area contributed by atoms with Crippen LogP contribution < -0.4 is 15.8 Å². The van der Waals surface area contributed by atoms with Gasteiger partial charge in [-0.15, -0.1) is 0 Å². The number of carbonyl (C=O) groups excluding carboxylic acids is 1. The second-order valence-corrected chi connectivity index (χ2v) is 5.03. The van der Waals surface area contributed by atoms with Gasteiger partial charge in [-0.1, -0.05) is 42.5 Å². The molecule has 0 radical (unpaired) electrons. The standard InChI is InChI=1S/C17H18N2O4/c18-16(20)15(19-17(21)22)10-12-6-8-14(9-7-12)23-11-13-4-2-1-3-5-13/h1-9,15,19H,10-11H2,(H2,18,20)(H,21,22). The molecule has 0 aliphatic heterocycles. The number of primary amides is 1. The van der Waals surface area contributed by atoms with E-state index >= 15 is 0 Å². The van der Waals surface area contributed by atoms with Crippen LogP contribution in [0.15, 0.2) is 54.6 Å². The molecule has 6 nitrogen and oxygen atoms in total. The molecule has 0 aliphatic carbocycles. The van der Waals surface area contributed by atoms with Crippen LogP contribution in [0.25, 0.3) is 0 Å². The van der Waals surface area contributed by atoms with Crippen LogP contribution in [0.3, 0.4) is 0 Å². The quantitative estimate of drug-likeness (QED) is 0.726. The van der Waals surface area contributed by atoms with E-state index in [1.165, 1.54) is 0 Å². The zero-order chi connectivity index (χ0) is 16.7. The maximum absolute atomic E-state index is 11.2. The highest BCUT2D eigenvalue weighted by Crippen LogP contribution is 2.15. The Morgan fingerprint density at radius 2 is 1.70 bits per heavy atom. The largest absolute Gasteiger partial charge is 0.489 e. The van der Waals surface area contributed by atoms with E-state index in [2.05, 4.69) is 5.32 Å². The molecule has 6 heteroatoms. The first kappa shape index (κ1) is 16.4.